The van der Waals surface area contributed by atoms with Crippen molar-refractivity contribution in [2.75, 3.05) is 14.1 Å². The molecule has 0 unspecified atom stereocenters. The van der Waals surface area contributed by atoms with E-state index in [1.165, 1.54) is 0 Å². The summed E-state index contributed by atoms with van der Waals surface area (Å²) in [5.41, 5.74) is 0.821. The van der Waals surface area contributed by atoms with Gasteiger partial charge in [0.2, 0.25) is 0 Å². The van der Waals surface area contributed by atoms with E-state index in [0.29, 0.717) is 6.04 Å². The smallest absolute Gasteiger partial charge is 0.0113 e. The summed E-state index contributed by atoms with van der Waals surface area (Å²) >= 11 is 0. The fraction of sp³-hybridized carbons (Fsp3) is 0.778. The molecule has 1 N–H and O–H groups in total. The molecule has 0 aromatic carbocycles. The summed E-state index contributed by atoms with van der Waals surface area (Å²) in [6, 6.07) is 0.481. The maximum atomic E-state index is 7.55. The largest absolute Gasteiger partial charge is 0.310 e. The van der Waals surface area contributed by atoms with Gasteiger partial charge >= 0.3 is 0 Å². The van der Waals surface area contributed by atoms with Crippen LogP contribution in [0.4, 0.5) is 0 Å². The van der Waals surface area contributed by atoms with E-state index in [9.17, 15) is 0 Å². The molecule has 0 heterocycles. The fourth-order valence-electron chi connectivity index (χ4n) is 0.855. The van der Waals surface area contributed by atoms with Gasteiger partial charge in [-0.05, 0) is 33.9 Å². The summed E-state index contributed by atoms with van der Waals surface area (Å²) in [6.45, 7) is 5.86. The van der Waals surface area contributed by atoms with Gasteiger partial charge in [-0.25, -0.2) is 0 Å². The molecule has 0 amide bonds. The van der Waals surface area contributed by atoms with Crippen molar-refractivity contribution >= 4 is 5.71 Å². The molecule has 0 rings (SSSR count). The van der Waals surface area contributed by atoms with Crippen LogP contribution < -0.4 is 0 Å². The van der Waals surface area contributed by atoms with E-state index < -0.39 is 0 Å². The Hall–Kier alpha value is -0.370. The third kappa shape index (κ3) is 4.96. The number of nitrogens with one attached hydrogen (secondary N) is 1. The summed E-state index contributed by atoms with van der Waals surface area (Å²) in [7, 11) is 4.09. The number of hydrogen-bond donors (Lipinski definition) is 1. The highest BCUT2D eigenvalue weighted by Gasteiger charge is 2.06. The van der Waals surface area contributed by atoms with Gasteiger partial charge in [-0.1, -0.05) is 6.92 Å². The van der Waals surface area contributed by atoms with Crippen LogP contribution >= 0.6 is 0 Å². The van der Waals surface area contributed by atoms with Gasteiger partial charge in [0.1, 0.15) is 0 Å². The highest BCUT2D eigenvalue weighted by molar-refractivity contribution is 5.81. The molecule has 0 bridgehead atoms. The lowest BCUT2D eigenvalue weighted by molar-refractivity contribution is 0.320. The van der Waals surface area contributed by atoms with Crippen molar-refractivity contribution in [3.8, 4) is 0 Å². The Labute approximate surface area is 70.1 Å². The van der Waals surface area contributed by atoms with E-state index in [-0.39, 0.29) is 0 Å². The van der Waals surface area contributed by atoms with Crippen LogP contribution in [0.2, 0.25) is 0 Å². The van der Waals surface area contributed by atoms with E-state index in [0.717, 1.165) is 25.0 Å². The highest BCUT2D eigenvalue weighted by atomic mass is 15.1. The number of nitrogens with zero attached hydrogens (tertiary/aromatic N) is 1. The summed E-state index contributed by atoms with van der Waals surface area (Å²) in [5, 5.41) is 7.55. The van der Waals surface area contributed by atoms with Gasteiger partial charge < -0.3 is 10.3 Å². The van der Waals surface area contributed by atoms with Crippen LogP contribution in [0.25, 0.3) is 0 Å². The lowest BCUT2D eigenvalue weighted by Gasteiger charge is -2.19. The Balaban J connectivity index is 3.57. The Bertz CT molecular complexity index is 119. The molecule has 0 saturated heterocycles. The molecule has 0 aromatic rings. The second kappa shape index (κ2) is 5.30. The molecule has 11 heavy (non-hydrogen) atoms. The van der Waals surface area contributed by atoms with E-state index >= 15 is 0 Å². The molecule has 0 aromatic heterocycles. The van der Waals surface area contributed by atoms with E-state index in [4.69, 9.17) is 5.41 Å². The van der Waals surface area contributed by atoms with Crippen molar-refractivity contribution in [3.05, 3.63) is 6.92 Å². The average Bonchev–Trinajstić information content (AvgIpc) is 1.87. The molecule has 0 aliphatic heterocycles. The second-order valence-electron chi connectivity index (χ2n) is 3.22. The molecule has 1 radical (unpaired) electrons. The normalized spacial score (nSPS) is 13.5. The fourth-order valence-corrected chi connectivity index (χ4v) is 0.855. The first kappa shape index (κ1) is 10.6. The molecule has 65 valence electrons. The lowest BCUT2D eigenvalue weighted by atomic mass is 10.1. The third-order valence-electron chi connectivity index (χ3n) is 1.90. The minimum absolute atomic E-state index is 0.481. The third-order valence-corrected chi connectivity index (χ3v) is 1.90. The zero-order valence-electron chi connectivity index (χ0n) is 7.85. The van der Waals surface area contributed by atoms with Gasteiger partial charge in [-0.15, -0.1) is 0 Å². The Morgan fingerprint density at radius 3 is 2.45 bits per heavy atom. The maximum Gasteiger partial charge on any atom is 0.0113 e. The average molecular weight is 155 g/mol. The van der Waals surface area contributed by atoms with Crippen LogP contribution in [0.5, 0.6) is 0 Å². The summed E-state index contributed by atoms with van der Waals surface area (Å²) < 4.78 is 0. The molecule has 0 saturated carbocycles. The van der Waals surface area contributed by atoms with Crippen molar-refractivity contribution < 1.29 is 0 Å². The number of rotatable bonds is 5. The van der Waals surface area contributed by atoms with Crippen LogP contribution in [-0.2, 0) is 0 Å². The van der Waals surface area contributed by atoms with E-state index in [1.54, 1.807) is 0 Å². The second-order valence-corrected chi connectivity index (χ2v) is 3.22. The first-order valence-electron chi connectivity index (χ1n) is 4.10. The van der Waals surface area contributed by atoms with Gasteiger partial charge in [-0.2, -0.15) is 0 Å². The van der Waals surface area contributed by atoms with Crippen molar-refractivity contribution in [1.82, 2.24) is 4.90 Å². The zero-order chi connectivity index (χ0) is 8.85. The minimum atomic E-state index is 0.481. The molecule has 1 atom stereocenters. The van der Waals surface area contributed by atoms with E-state index in [1.807, 2.05) is 14.1 Å². The van der Waals surface area contributed by atoms with E-state index in [2.05, 4.69) is 18.7 Å². The predicted molar refractivity (Wildman–Crippen MR) is 50.1 cm³/mol. The van der Waals surface area contributed by atoms with Crippen molar-refractivity contribution in [2.45, 2.75) is 32.2 Å². The molecule has 2 nitrogen and oxygen atoms in total. The molecule has 0 spiro atoms. The molecule has 0 aliphatic rings. The van der Waals surface area contributed by atoms with Gasteiger partial charge in [0.05, 0.1) is 0 Å². The van der Waals surface area contributed by atoms with Crippen LogP contribution in [0, 0.1) is 12.3 Å². The highest BCUT2D eigenvalue weighted by Crippen LogP contribution is 2.02. The van der Waals surface area contributed by atoms with Crippen LogP contribution in [-0.4, -0.2) is 30.7 Å². The van der Waals surface area contributed by atoms with Crippen LogP contribution in [0.1, 0.15) is 26.2 Å². The lowest BCUT2D eigenvalue weighted by Crippen LogP contribution is -2.26. The van der Waals surface area contributed by atoms with Gasteiger partial charge in [0, 0.05) is 18.2 Å². The first-order chi connectivity index (χ1) is 5.07. The van der Waals surface area contributed by atoms with Crippen LogP contribution in [0.3, 0.4) is 0 Å². The zero-order valence-corrected chi connectivity index (χ0v) is 7.85. The summed E-state index contributed by atoms with van der Waals surface area (Å²) in [5.74, 6) is 0. The maximum absolute atomic E-state index is 7.55. The minimum Gasteiger partial charge on any atom is -0.310 e. The quantitative estimate of drug-likeness (QED) is 0.604. The van der Waals surface area contributed by atoms with Crippen LogP contribution in [0.15, 0.2) is 0 Å². The van der Waals surface area contributed by atoms with Gasteiger partial charge in [0.25, 0.3) is 0 Å². The molecular weight excluding hydrogens is 136 g/mol. The Morgan fingerprint density at radius 1 is 1.55 bits per heavy atom. The predicted octanol–water partition coefficient (Wildman–Crippen LogP) is 1.96. The van der Waals surface area contributed by atoms with Gasteiger partial charge in [-0.3, -0.25) is 0 Å². The summed E-state index contributed by atoms with van der Waals surface area (Å²) in [6.07, 6.45) is 2.57. The molecular formula is C9H19N2. The Kier molecular flexibility index (Phi) is 5.12. The Morgan fingerprint density at radius 2 is 2.09 bits per heavy atom. The molecule has 0 aliphatic carbocycles. The number of hydrogen-bond acceptors (Lipinski definition) is 2. The summed E-state index contributed by atoms with van der Waals surface area (Å²) in [4.78, 5) is 2.14. The molecule has 2 heteroatoms. The standard InChI is InChI=1S/C9H19N2/c1-5-6-9(10)7-8(2)11(3)4/h8,10H,1,5-7H2,2-4H3/t8-/m1/s1. The van der Waals surface area contributed by atoms with Crippen molar-refractivity contribution in [1.29, 1.82) is 5.41 Å². The topological polar surface area (TPSA) is 27.1 Å². The first-order valence-corrected chi connectivity index (χ1v) is 4.10. The molecule has 0 fully saturated rings. The monoisotopic (exact) mass is 155 g/mol. The van der Waals surface area contributed by atoms with Gasteiger partial charge in [0.15, 0.2) is 0 Å². The SMILES string of the molecule is [CH2]CCC(=N)C[C@@H](C)N(C)C. The van der Waals surface area contributed by atoms with Crippen molar-refractivity contribution in [3.63, 3.8) is 0 Å². The van der Waals surface area contributed by atoms with Crippen molar-refractivity contribution in [2.24, 2.45) is 0 Å².